The molecular formula is C15H30N2. The predicted octanol–water partition coefficient (Wildman–Crippen LogP) is 3.03. The molecule has 1 N–H and O–H groups in total. The van der Waals surface area contributed by atoms with Crippen LogP contribution < -0.4 is 5.32 Å². The van der Waals surface area contributed by atoms with Crippen molar-refractivity contribution >= 4 is 0 Å². The third-order valence-corrected chi connectivity index (χ3v) is 4.28. The van der Waals surface area contributed by atoms with E-state index in [-0.39, 0.29) is 0 Å². The Hall–Kier alpha value is -0.0800. The monoisotopic (exact) mass is 238 g/mol. The van der Waals surface area contributed by atoms with Crippen LogP contribution in [0.15, 0.2) is 0 Å². The summed E-state index contributed by atoms with van der Waals surface area (Å²) in [4.78, 5) is 2.73. The molecule has 0 radical (unpaired) electrons. The summed E-state index contributed by atoms with van der Waals surface area (Å²) in [5.41, 5.74) is 0. The van der Waals surface area contributed by atoms with Crippen LogP contribution in [0, 0.1) is 5.92 Å². The Bertz CT molecular complexity index is 223. The second-order valence-electron chi connectivity index (χ2n) is 6.55. The van der Waals surface area contributed by atoms with Crippen LogP contribution in [0.3, 0.4) is 0 Å². The molecule has 0 amide bonds. The highest BCUT2D eigenvalue weighted by Crippen LogP contribution is 2.33. The van der Waals surface area contributed by atoms with E-state index < -0.39 is 0 Å². The molecule has 0 aromatic heterocycles. The number of nitrogens with one attached hydrogen (secondary N) is 1. The minimum absolute atomic E-state index is 0.768. The zero-order valence-electron chi connectivity index (χ0n) is 11.9. The first-order valence-electron chi connectivity index (χ1n) is 7.66. The second kappa shape index (κ2) is 6.19. The Morgan fingerprint density at radius 1 is 1.24 bits per heavy atom. The predicted molar refractivity (Wildman–Crippen MR) is 74.3 cm³/mol. The number of hydrogen-bond donors (Lipinski definition) is 1. The van der Waals surface area contributed by atoms with Gasteiger partial charge < -0.3 is 5.32 Å². The van der Waals surface area contributed by atoms with Crippen molar-refractivity contribution in [3.63, 3.8) is 0 Å². The Kier molecular flexibility index (Phi) is 4.87. The molecule has 1 aliphatic carbocycles. The minimum Gasteiger partial charge on any atom is -0.313 e. The maximum absolute atomic E-state index is 3.76. The number of likely N-dealkylation sites (tertiary alicyclic amines) is 1. The van der Waals surface area contributed by atoms with Crippen molar-refractivity contribution in [2.45, 2.75) is 77.4 Å². The Labute approximate surface area is 107 Å². The number of unbranched alkanes of at least 4 members (excludes halogenated alkanes) is 1. The van der Waals surface area contributed by atoms with Gasteiger partial charge in [-0.25, -0.2) is 0 Å². The van der Waals surface area contributed by atoms with Crippen molar-refractivity contribution in [2.75, 3.05) is 13.1 Å². The van der Waals surface area contributed by atoms with E-state index >= 15 is 0 Å². The molecule has 2 nitrogen and oxygen atoms in total. The van der Waals surface area contributed by atoms with Gasteiger partial charge in [0.2, 0.25) is 0 Å². The average Bonchev–Trinajstić information content (AvgIpc) is 3.03. The van der Waals surface area contributed by atoms with E-state index in [1.807, 2.05) is 0 Å². The SMILES string of the molecule is CC(C)CCCCNC1CC(C)N(C2CC2)C1. The van der Waals surface area contributed by atoms with E-state index in [9.17, 15) is 0 Å². The van der Waals surface area contributed by atoms with Crippen molar-refractivity contribution in [3.8, 4) is 0 Å². The average molecular weight is 238 g/mol. The molecule has 1 saturated carbocycles. The second-order valence-corrected chi connectivity index (χ2v) is 6.55. The van der Waals surface area contributed by atoms with Gasteiger partial charge in [0.1, 0.15) is 0 Å². The maximum Gasteiger partial charge on any atom is 0.0210 e. The molecule has 2 fully saturated rings. The Morgan fingerprint density at radius 3 is 2.65 bits per heavy atom. The molecule has 2 rings (SSSR count). The molecule has 2 atom stereocenters. The van der Waals surface area contributed by atoms with Crippen LogP contribution in [0.2, 0.25) is 0 Å². The summed E-state index contributed by atoms with van der Waals surface area (Å²) in [5.74, 6) is 0.867. The van der Waals surface area contributed by atoms with Gasteiger partial charge in [-0.05, 0) is 45.1 Å². The molecule has 1 saturated heterocycles. The van der Waals surface area contributed by atoms with Crippen LogP contribution >= 0.6 is 0 Å². The molecular weight excluding hydrogens is 208 g/mol. The lowest BCUT2D eigenvalue weighted by Gasteiger charge is -2.19. The molecule has 17 heavy (non-hydrogen) atoms. The van der Waals surface area contributed by atoms with Crippen LogP contribution in [0.25, 0.3) is 0 Å². The quantitative estimate of drug-likeness (QED) is 0.686. The summed E-state index contributed by atoms with van der Waals surface area (Å²) >= 11 is 0. The molecule has 2 aliphatic rings. The van der Waals surface area contributed by atoms with Crippen LogP contribution in [-0.2, 0) is 0 Å². The fourth-order valence-electron chi connectivity index (χ4n) is 3.10. The lowest BCUT2D eigenvalue weighted by Crippen LogP contribution is -2.34. The third-order valence-electron chi connectivity index (χ3n) is 4.28. The molecule has 2 unspecified atom stereocenters. The number of hydrogen-bond acceptors (Lipinski definition) is 2. The number of rotatable bonds is 7. The summed E-state index contributed by atoms with van der Waals surface area (Å²) in [6, 6.07) is 2.53. The fraction of sp³-hybridized carbons (Fsp3) is 1.00. The van der Waals surface area contributed by atoms with Gasteiger partial charge in [-0.3, -0.25) is 4.90 Å². The van der Waals surface area contributed by atoms with Gasteiger partial charge in [-0.1, -0.05) is 26.7 Å². The lowest BCUT2D eigenvalue weighted by molar-refractivity contribution is 0.255. The van der Waals surface area contributed by atoms with E-state index in [1.165, 1.54) is 51.6 Å². The Morgan fingerprint density at radius 2 is 2.00 bits per heavy atom. The summed E-state index contributed by atoms with van der Waals surface area (Å²) in [7, 11) is 0. The third kappa shape index (κ3) is 4.26. The van der Waals surface area contributed by atoms with Gasteiger partial charge in [0, 0.05) is 24.7 Å². The molecule has 0 spiro atoms. The van der Waals surface area contributed by atoms with E-state index in [0.717, 1.165) is 24.0 Å². The van der Waals surface area contributed by atoms with E-state index in [0.29, 0.717) is 0 Å². The van der Waals surface area contributed by atoms with Crippen molar-refractivity contribution in [2.24, 2.45) is 5.92 Å². The molecule has 0 aromatic rings. The molecule has 1 heterocycles. The highest BCUT2D eigenvalue weighted by Gasteiger charge is 2.38. The molecule has 0 aromatic carbocycles. The minimum atomic E-state index is 0.768. The van der Waals surface area contributed by atoms with Crippen molar-refractivity contribution < 1.29 is 0 Å². The molecule has 100 valence electrons. The van der Waals surface area contributed by atoms with Crippen molar-refractivity contribution in [1.29, 1.82) is 0 Å². The summed E-state index contributed by atoms with van der Waals surface area (Å²) in [6.45, 7) is 9.57. The highest BCUT2D eigenvalue weighted by atomic mass is 15.3. The zero-order valence-corrected chi connectivity index (χ0v) is 11.9. The van der Waals surface area contributed by atoms with Gasteiger partial charge in [0.15, 0.2) is 0 Å². The summed E-state index contributed by atoms with van der Waals surface area (Å²) < 4.78 is 0. The first kappa shape index (κ1) is 13.4. The van der Waals surface area contributed by atoms with Crippen LogP contribution in [0.4, 0.5) is 0 Å². The smallest absolute Gasteiger partial charge is 0.0210 e. The molecule has 1 aliphatic heterocycles. The maximum atomic E-state index is 3.76. The normalized spacial score (nSPS) is 30.4. The molecule has 0 bridgehead atoms. The standard InChI is InChI=1S/C15H30N2/c1-12(2)6-4-5-9-16-14-10-13(3)17(11-14)15-7-8-15/h12-16H,4-11H2,1-3H3. The van der Waals surface area contributed by atoms with E-state index in [2.05, 4.69) is 31.0 Å². The fourth-order valence-corrected chi connectivity index (χ4v) is 3.10. The van der Waals surface area contributed by atoms with Gasteiger partial charge >= 0.3 is 0 Å². The first-order chi connectivity index (χ1) is 8.16. The summed E-state index contributed by atoms with van der Waals surface area (Å²) in [5, 5.41) is 3.76. The van der Waals surface area contributed by atoms with E-state index in [1.54, 1.807) is 0 Å². The van der Waals surface area contributed by atoms with Crippen LogP contribution in [0.5, 0.6) is 0 Å². The van der Waals surface area contributed by atoms with Gasteiger partial charge in [-0.2, -0.15) is 0 Å². The van der Waals surface area contributed by atoms with Crippen LogP contribution in [-0.4, -0.2) is 36.1 Å². The van der Waals surface area contributed by atoms with Gasteiger partial charge in [-0.15, -0.1) is 0 Å². The largest absolute Gasteiger partial charge is 0.313 e. The topological polar surface area (TPSA) is 15.3 Å². The van der Waals surface area contributed by atoms with Crippen molar-refractivity contribution in [3.05, 3.63) is 0 Å². The first-order valence-corrected chi connectivity index (χ1v) is 7.66. The van der Waals surface area contributed by atoms with Gasteiger partial charge in [0.25, 0.3) is 0 Å². The molecule has 2 heteroatoms. The van der Waals surface area contributed by atoms with Gasteiger partial charge in [0.05, 0.1) is 0 Å². The van der Waals surface area contributed by atoms with Crippen LogP contribution in [0.1, 0.15) is 59.3 Å². The lowest BCUT2D eigenvalue weighted by atomic mass is 10.1. The highest BCUT2D eigenvalue weighted by molar-refractivity contribution is 4.95. The zero-order chi connectivity index (χ0) is 12.3. The van der Waals surface area contributed by atoms with E-state index in [4.69, 9.17) is 0 Å². The van der Waals surface area contributed by atoms with Crippen molar-refractivity contribution in [1.82, 2.24) is 10.2 Å². The Balaban J connectivity index is 1.54. The number of nitrogens with zero attached hydrogens (tertiary/aromatic N) is 1. The summed E-state index contributed by atoms with van der Waals surface area (Å²) in [6.07, 6.45) is 8.39.